The first-order chi connectivity index (χ1) is 7.79. The van der Waals surface area contributed by atoms with Crippen LogP contribution in [-0.2, 0) is 6.42 Å². The van der Waals surface area contributed by atoms with Gasteiger partial charge in [0.05, 0.1) is 0 Å². The highest BCUT2D eigenvalue weighted by Crippen LogP contribution is 2.34. The Kier molecular flexibility index (Phi) is 4.72. The number of rotatable bonds is 4. The van der Waals surface area contributed by atoms with Crippen molar-refractivity contribution in [2.75, 3.05) is 5.33 Å². The molecule has 0 saturated heterocycles. The molecule has 0 N–H and O–H groups in total. The van der Waals surface area contributed by atoms with Gasteiger partial charge >= 0.3 is 0 Å². The van der Waals surface area contributed by atoms with Crippen molar-refractivity contribution in [3.05, 3.63) is 34.9 Å². The van der Waals surface area contributed by atoms with E-state index in [9.17, 15) is 0 Å². The molecule has 1 fully saturated rings. The maximum absolute atomic E-state index is 5.90. The fourth-order valence-corrected chi connectivity index (χ4v) is 3.58. The van der Waals surface area contributed by atoms with E-state index in [1.54, 1.807) is 0 Å². The van der Waals surface area contributed by atoms with Crippen molar-refractivity contribution in [3.8, 4) is 0 Å². The summed E-state index contributed by atoms with van der Waals surface area (Å²) in [5.41, 5.74) is 1.42. The molecule has 2 heteroatoms. The second-order valence-electron chi connectivity index (χ2n) is 4.79. The highest BCUT2D eigenvalue weighted by atomic mass is 79.9. The van der Waals surface area contributed by atoms with Crippen LogP contribution in [0, 0.1) is 11.8 Å². The monoisotopic (exact) mass is 300 g/mol. The zero-order valence-corrected chi connectivity index (χ0v) is 11.8. The molecule has 1 aliphatic rings. The Morgan fingerprint density at radius 2 is 1.81 bits per heavy atom. The van der Waals surface area contributed by atoms with Crippen molar-refractivity contribution in [1.82, 2.24) is 0 Å². The largest absolute Gasteiger partial charge is 0.0925 e. The van der Waals surface area contributed by atoms with E-state index < -0.39 is 0 Å². The number of benzene rings is 1. The van der Waals surface area contributed by atoms with E-state index in [1.807, 2.05) is 12.1 Å². The molecule has 1 unspecified atom stereocenters. The number of halogens is 2. The molecule has 0 radical (unpaired) electrons. The van der Waals surface area contributed by atoms with Crippen molar-refractivity contribution >= 4 is 27.5 Å². The minimum absolute atomic E-state index is 0.795. The van der Waals surface area contributed by atoms with Crippen LogP contribution in [0.15, 0.2) is 24.3 Å². The highest BCUT2D eigenvalue weighted by Gasteiger charge is 2.24. The Hall–Kier alpha value is -0.0100. The maximum atomic E-state index is 5.90. The fourth-order valence-electron chi connectivity index (χ4n) is 2.70. The first-order valence-electron chi connectivity index (χ1n) is 6.10. The summed E-state index contributed by atoms with van der Waals surface area (Å²) in [4.78, 5) is 0. The van der Waals surface area contributed by atoms with Crippen LogP contribution < -0.4 is 0 Å². The van der Waals surface area contributed by atoms with Gasteiger partial charge in [-0.05, 0) is 36.0 Å². The summed E-state index contributed by atoms with van der Waals surface area (Å²) in [5.74, 6) is 1.72. The van der Waals surface area contributed by atoms with Crippen molar-refractivity contribution < 1.29 is 0 Å². The third-order valence-electron chi connectivity index (χ3n) is 3.68. The summed E-state index contributed by atoms with van der Waals surface area (Å²) in [6, 6.07) is 8.31. The van der Waals surface area contributed by atoms with Crippen LogP contribution in [0.4, 0.5) is 0 Å². The minimum atomic E-state index is 0.795. The average Bonchev–Trinajstić information content (AvgIpc) is 2.82. The molecule has 0 bridgehead atoms. The van der Waals surface area contributed by atoms with Crippen LogP contribution in [0.25, 0.3) is 0 Å². The predicted molar refractivity (Wildman–Crippen MR) is 74.4 cm³/mol. The van der Waals surface area contributed by atoms with Gasteiger partial charge in [-0.15, -0.1) is 0 Å². The Morgan fingerprint density at radius 1 is 1.19 bits per heavy atom. The molecule has 0 aromatic heterocycles. The third-order valence-corrected chi connectivity index (χ3v) is 4.76. The first-order valence-corrected chi connectivity index (χ1v) is 7.60. The lowest BCUT2D eigenvalue weighted by atomic mass is 9.87. The Bertz CT molecular complexity index is 314. The molecule has 0 heterocycles. The second-order valence-corrected chi connectivity index (χ2v) is 5.87. The summed E-state index contributed by atoms with van der Waals surface area (Å²) < 4.78 is 0. The van der Waals surface area contributed by atoms with Gasteiger partial charge in [0.1, 0.15) is 0 Å². The third kappa shape index (κ3) is 3.24. The zero-order valence-electron chi connectivity index (χ0n) is 9.46. The Balaban J connectivity index is 1.97. The minimum Gasteiger partial charge on any atom is -0.0925 e. The van der Waals surface area contributed by atoms with E-state index in [2.05, 4.69) is 28.1 Å². The Morgan fingerprint density at radius 3 is 2.38 bits per heavy atom. The lowest BCUT2D eigenvalue weighted by Crippen LogP contribution is -2.16. The van der Waals surface area contributed by atoms with Gasteiger partial charge in [-0.25, -0.2) is 0 Å². The average molecular weight is 302 g/mol. The molecule has 1 aromatic rings. The molecule has 0 nitrogen and oxygen atoms in total. The van der Waals surface area contributed by atoms with Crippen LogP contribution in [-0.4, -0.2) is 5.33 Å². The van der Waals surface area contributed by atoms with Crippen molar-refractivity contribution in [3.63, 3.8) is 0 Å². The van der Waals surface area contributed by atoms with Crippen LogP contribution in [0.2, 0.25) is 5.02 Å². The normalized spacial score (nSPS) is 18.9. The van der Waals surface area contributed by atoms with Crippen LogP contribution in [0.1, 0.15) is 31.2 Å². The first kappa shape index (κ1) is 12.4. The molecule has 16 heavy (non-hydrogen) atoms. The van der Waals surface area contributed by atoms with Crippen molar-refractivity contribution in [2.24, 2.45) is 11.8 Å². The summed E-state index contributed by atoms with van der Waals surface area (Å²) in [7, 11) is 0. The van der Waals surface area contributed by atoms with Crippen LogP contribution >= 0.6 is 27.5 Å². The number of hydrogen-bond donors (Lipinski definition) is 0. The number of hydrogen-bond acceptors (Lipinski definition) is 0. The van der Waals surface area contributed by atoms with E-state index in [0.717, 1.165) is 22.2 Å². The van der Waals surface area contributed by atoms with E-state index in [-0.39, 0.29) is 0 Å². The van der Waals surface area contributed by atoms with Gasteiger partial charge in [-0.3, -0.25) is 0 Å². The van der Waals surface area contributed by atoms with Gasteiger partial charge in [-0.1, -0.05) is 65.3 Å². The zero-order chi connectivity index (χ0) is 11.4. The number of alkyl halides is 1. The van der Waals surface area contributed by atoms with Gasteiger partial charge in [0.2, 0.25) is 0 Å². The molecule has 0 spiro atoms. The van der Waals surface area contributed by atoms with Gasteiger partial charge < -0.3 is 0 Å². The molecule has 2 rings (SSSR count). The van der Waals surface area contributed by atoms with Gasteiger partial charge in [0, 0.05) is 10.4 Å². The van der Waals surface area contributed by atoms with Crippen LogP contribution in [0.3, 0.4) is 0 Å². The van der Waals surface area contributed by atoms with Crippen molar-refractivity contribution in [1.29, 1.82) is 0 Å². The van der Waals surface area contributed by atoms with E-state index in [0.29, 0.717) is 0 Å². The molecule has 0 amide bonds. The molecule has 1 atom stereocenters. The van der Waals surface area contributed by atoms with Gasteiger partial charge in [-0.2, -0.15) is 0 Å². The molecule has 0 aliphatic heterocycles. The molecule has 1 aliphatic carbocycles. The van der Waals surface area contributed by atoms with E-state index in [4.69, 9.17) is 11.6 Å². The summed E-state index contributed by atoms with van der Waals surface area (Å²) in [5, 5.41) is 1.96. The van der Waals surface area contributed by atoms with E-state index >= 15 is 0 Å². The maximum Gasteiger partial charge on any atom is 0.0406 e. The van der Waals surface area contributed by atoms with Crippen molar-refractivity contribution in [2.45, 2.75) is 32.1 Å². The predicted octanol–water partition coefficient (Wildman–Crippen LogP) is 5.08. The van der Waals surface area contributed by atoms with Gasteiger partial charge in [0.15, 0.2) is 0 Å². The standard InChI is InChI=1S/C14H18BrCl/c15-10-13(12-3-1-2-4-12)9-11-5-7-14(16)8-6-11/h5-8,12-13H,1-4,9-10H2. The molecule has 88 valence electrons. The Labute approximate surface area is 112 Å². The van der Waals surface area contributed by atoms with Gasteiger partial charge in [0.25, 0.3) is 0 Å². The summed E-state index contributed by atoms with van der Waals surface area (Å²) in [6.45, 7) is 0. The summed E-state index contributed by atoms with van der Waals surface area (Å²) in [6.07, 6.45) is 6.88. The lowest BCUT2D eigenvalue weighted by Gasteiger charge is -2.21. The molecule has 1 saturated carbocycles. The molecular formula is C14H18BrCl. The smallest absolute Gasteiger partial charge is 0.0406 e. The topological polar surface area (TPSA) is 0 Å². The van der Waals surface area contributed by atoms with E-state index in [1.165, 1.54) is 37.7 Å². The second kappa shape index (κ2) is 6.07. The fraction of sp³-hybridized carbons (Fsp3) is 0.571. The summed E-state index contributed by atoms with van der Waals surface area (Å²) >= 11 is 9.57. The SMILES string of the molecule is Clc1ccc(CC(CBr)C2CCCC2)cc1. The molecule has 1 aromatic carbocycles. The molecular weight excluding hydrogens is 284 g/mol. The van der Waals surface area contributed by atoms with Crippen LogP contribution in [0.5, 0.6) is 0 Å². The highest BCUT2D eigenvalue weighted by molar-refractivity contribution is 9.09. The quantitative estimate of drug-likeness (QED) is 0.680. The lowest BCUT2D eigenvalue weighted by molar-refractivity contribution is 0.373.